The zero-order valence-electron chi connectivity index (χ0n) is 12.5. The van der Waals surface area contributed by atoms with Gasteiger partial charge in [0.1, 0.15) is 5.82 Å². The Morgan fingerprint density at radius 3 is 2.35 bits per heavy atom. The van der Waals surface area contributed by atoms with Crippen molar-refractivity contribution < 1.29 is 4.39 Å². The average Bonchev–Trinajstić information content (AvgIpc) is 2.40. The van der Waals surface area contributed by atoms with Gasteiger partial charge in [0.15, 0.2) is 0 Å². The van der Waals surface area contributed by atoms with Crippen molar-refractivity contribution in [3.05, 3.63) is 47.8 Å². The van der Waals surface area contributed by atoms with Crippen LogP contribution in [0.2, 0.25) is 0 Å². The number of rotatable bonds is 5. The molecule has 0 amide bonds. The first-order chi connectivity index (χ1) is 9.47. The monoisotopic (exact) mass is 274 g/mol. The quantitative estimate of drug-likeness (QED) is 0.816. The summed E-state index contributed by atoms with van der Waals surface area (Å²) < 4.78 is 13.7. The summed E-state index contributed by atoms with van der Waals surface area (Å²) in [5.74, 6) is -0.154. The van der Waals surface area contributed by atoms with Gasteiger partial charge in [-0.2, -0.15) is 0 Å². The molecule has 20 heavy (non-hydrogen) atoms. The number of hydrogen-bond donors (Lipinski definition) is 2. The lowest BCUT2D eigenvalue weighted by atomic mass is 10.0. The van der Waals surface area contributed by atoms with Crippen molar-refractivity contribution in [3.63, 3.8) is 0 Å². The van der Waals surface area contributed by atoms with E-state index >= 15 is 0 Å². The smallest absolute Gasteiger partial charge is 0.131 e. The Morgan fingerprint density at radius 2 is 1.65 bits per heavy atom. The Morgan fingerprint density at radius 1 is 0.950 bits per heavy atom. The lowest BCUT2D eigenvalue weighted by Crippen LogP contribution is -2.40. The lowest BCUT2D eigenvalue weighted by Gasteiger charge is -2.20. The standard InChI is InChI=1S/C17H23FN2/c1-17(2,3)20-11-10-19-12-13-8-9-16(18)15-7-5-4-6-14(13)15/h4-9,19-20H,10-12H2,1-3H3. The second-order valence-corrected chi connectivity index (χ2v) is 6.11. The fourth-order valence-electron chi connectivity index (χ4n) is 2.23. The fraction of sp³-hybridized carbons (Fsp3) is 0.412. The molecular weight excluding hydrogens is 251 g/mol. The van der Waals surface area contributed by atoms with Gasteiger partial charge in [0.25, 0.3) is 0 Å². The highest BCUT2D eigenvalue weighted by Crippen LogP contribution is 2.21. The third kappa shape index (κ3) is 4.02. The van der Waals surface area contributed by atoms with E-state index in [9.17, 15) is 4.39 Å². The van der Waals surface area contributed by atoms with Crippen LogP contribution in [0.5, 0.6) is 0 Å². The van der Waals surface area contributed by atoms with Crippen LogP contribution in [0.25, 0.3) is 10.8 Å². The van der Waals surface area contributed by atoms with Crippen LogP contribution in [0.1, 0.15) is 26.3 Å². The van der Waals surface area contributed by atoms with Gasteiger partial charge in [0, 0.05) is 30.6 Å². The van der Waals surface area contributed by atoms with Gasteiger partial charge in [0.2, 0.25) is 0 Å². The first-order valence-electron chi connectivity index (χ1n) is 7.09. The van der Waals surface area contributed by atoms with E-state index < -0.39 is 0 Å². The SMILES string of the molecule is CC(C)(C)NCCNCc1ccc(F)c2ccccc12. The van der Waals surface area contributed by atoms with E-state index in [0.29, 0.717) is 5.39 Å². The van der Waals surface area contributed by atoms with Crippen LogP contribution in [0.4, 0.5) is 4.39 Å². The maximum absolute atomic E-state index is 13.7. The van der Waals surface area contributed by atoms with Crippen molar-refractivity contribution >= 4 is 10.8 Å². The summed E-state index contributed by atoms with van der Waals surface area (Å²) in [4.78, 5) is 0. The first-order valence-corrected chi connectivity index (χ1v) is 7.09. The highest BCUT2D eigenvalue weighted by molar-refractivity contribution is 5.86. The molecule has 0 atom stereocenters. The Kier molecular flexibility index (Phi) is 4.73. The average molecular weight is 274 g/mol. The minimum Gasteiger partial charge on any atom is -0.311 e. The summed E-state index contributed by atoms with van der Waals surface area (Å²) >= 11 is 0. The van der Waals surface area contributed by atoms with E-state index in [0.717, 1.165) is 30.6 Å². The summed E-state index contributed by atoms with van der Waals surface area (Å²) in [7, 11) is 0. The van der Waals surface area contributed by atoms with Gasteiger partial charge in [-0.05, 0) is 37.8 Å². The van der Waals surface area contributed by atoms with Crippen molar-refractivity contribution in [2.75, 3.05) is 13.1 Å². The zero-order valence-corrected chi connectivity index (χ0v) is 12.5. The molecule has 2 rings (SSSR count). The molecule has 0 unspecified atom stereocenters. The molecule has 0 aromatic heterocycles. The van der Waals surface area contributed by atoms with Crippen molar-refractivity contribution in [1.29, 1.82) is 0 Å². The molecule has 0 bridgehead atoms. The van der Waals surface area contributed by atoms with E-state index in [4.69, 9.17) is 0 Å². The van der Waals surface area contributed by atoms with Crippen molar-refractivity contribution in [1.82, 2.24) is 10.6 Å². The molecule has 0 aliphatic rings. The Hall–Kier alpha value is -1.45. The Balaban J connectivity index is 1.95. The van der Waals surface area contributed by atoms with Crippen molar-refractivity contribution in [3.8, 4) is 0 Å². The van der Waals surface area contributed by atoms with Gasteiger partial charge in [-0.3, -0.25) is 0 Å². The highest BCUT2D eigenvalue weighted by atomic mass is 19.1. The summed E-state index contributed by atoms with van der Waals surface area (Å²) in [5, 5.41) is 8.52. The van der Waals surface area contributed by atoms with Crippen molar-refractivity contribution in [2.45, 2.75) is 32.9 Å². The summed E-state index contributed by atoms with van der Waals surface area (Å²) in [6, 6.07) is 11.0. The Labute approximate surface area is 120 Å². The Bertz CT molecular complexity index is 573. The molecule has 0 spiro atoms. The van der Waals surface area contributed by atoms with E-state index in [-0.39, 0.29) is 11.4 Å². The van der Waals surface area contributed by atoms with Gasteiger partial charge in [0.05, 0.1) is 0 Å². The highest BCUT2D eigenvalue weighted by Gasteiger charge is 2.07. The molecule has 0 heterocycles. The van der Waals surface area contributed by atoms with Crippen LogP contribution in [0, 0.1) is 5.82 Å². The molecule has 0 radical (unpaired) electrons. The minimum atomic E-state index is -0.154. The summed E-state index contributed by atoms with van der Waals surface area (Å²) in [6.07, 6.45) is 0. The second-order valence-electron chi connectivity index (χ2n) is 6.11. The van der Waals surface area contributed by atoms with Gasteiger partial charge in [-0.1, -0.05) is 30.3 Å². The van der Waals surface area contributed by atoms with Crippen LogP contribution in [0.15, 0.2) is 36.4 Å². The summed E-state index contributed by atoms with van der Waals surface area (Å²) in [5.41, 5.74) is 1.28. The maximum atomic E-state index is 13.7. The molecule has 2 aromatic carbocycles. The minimum absolute atomic E-state index is 0.143. The molecular formula is C17H23FN2. The number of fused-ring (bicyclic) bond motifs is 1. The maximum Gasteiger partial charge on any atom is 0.131 e. The normalized spacial score (nSPS) is 12.0. The second kappa shape index (κ2) is 6.33. The number of benzene rings is 2. The number of nitrogens with one attached hydrogen (secondary N) is 2. The van der Waals surface area contributed by atoms with Crippen LogP contribution in [0.3, 0.4) is 0 Å². The van der Waals surface area contributed by atoms with Gasteiger partial charge < -0.3 is 10.6 Å². The third-order valence-electron chi connectivity index (χ3n) is 3.23. The third-order valence-corrected chi connectivity index (χ3v) is 3.23. The van der Waals surface area contributed by atoms with Crippen molar-refractivity contribution in [2.24, 2.45) is 0 Å². The molecule has 0 aliphatic carbocycles. The predicted molar refractivity (Wildman–Crippen MR) is 83.4 cm³/mol. The molecule has 108 valence electrons. The largest absolute Gasteiger partial charge is 0.311 e. The predicted octanol–water partition coefficient (Wildman–Crippen LogP) is 3.46. The number of halogens is 1. The fourth-order valence-corrected chi connectivity index (χ4v) is 2.23. The molecule has 2 N–H and O–H groups in total. The zero-order chi connectivity index (χ0) is 14.6. The lowest BCUT2D eigenvalue weighted by molar-refractivity contribution is 0.421. The van der Waals surface area contributed by atoms with Gasteiger partial charge in [-0.25, -0.2) is 4.39 Å². The van der Waals surface area contributed by atoms with Crippen LogP contribution < -0.4 is 10.6 Å². The van der Waals surface area contributed by atoms with Gasteiger partial charge >= 0.3 is 0 Å². The molecule has 3 heteroatoms. The topological polar surface area (TPSA) is 24.1 Å². The molecule has 0 saturated carbocycles. The molecule has 0 aliphatic heterocycles. The van der Waals surface area contributed by atoms with Crippen LogP contribution in [-0.4, -0.2) is 18.6 Å². The van der Waals surface area contributed by atoms with E-state index in [2.05, 4.69) is 31.4 Å². The van der Waals surface area contributed by atoms with Crippen LogP contribution >= 0.6 is 0 Å². The van der Waals surface area contributed by atoms with E-state index in [1.54, 1.807) is 6.07 Å². The molecule has 2 aromatic rings. The summed E-state index contributed by atoms with van der Waals surface area (Å²) in [6.45, 7) is 9.03. The van der Waals surface area contributed by atoms with Gasteiger partial charge in [-0.15, -0.1) is 0 Å². The first kappa shape index (κ1) is 14.9. The molecule has 0 fully saturated rings. The number of hydrogen-bond acceptors (Lipinski definition) is 2. The molecule has 2 nitrogen and oxygen atoms in total. The van der Waals surface area contributed by atoms with E-state index in [1.807, 2.05) is 30.3 Å². The molecule has 0 saturated heterocycles. The van der Waals surface area contributed by atoms with Crippen LogP contribution in [-0.2, 0) is 6.54 Å². The van der Waals surface area contributed by atoms with E-state index in [1.165, 1.54) is 0 Å².